The number of hydrogen-bond acceptors (Lipinski definition) is 3. The summed E-state index contributed by atoms with van der Waals surface area (Å²) in [6, 6.07) is -0.243. The Labute approximate surface area is 104 Å². The molecule has 1 aliphatic heterocycles. The number of aliphatic carboxylic acids is 1. The Bertz CT molecular complexity index is 256. The van der Waals surface area contributed by atoms with Crippen LogP contribution in [0.15, 0.2) is 0 Å². The Balaban J connectivity index is 2.47. The van der Waals surface area contributed by atoms with Gasteiger partial charge in [0.05, 0.1) is 0 Å². The molecule has 3 unspecified atom stereocenters. The molecule has 4 nitrogen and oxygen atoms in total. The molecule has 1 saturated heterocycles. The Morgan fingerprint density at radius 3 is 2.53 bits per heavy atom. The minimum atomic E-state index is -0.745. The molecular weight excluding hydrogens is 216 g/mol. The van der Waals surface area contributed by atoms with Gasteiger partial charge in [-0.25, -0.2) is 0 Å². The second-order valence-corrected chi connectivity index (χ2v) is 5.72. The van der Waals surface area contributed by atoms with E-state index >= 15 is 0 Å². The molecule has 0 aromatic heterocycles. The number of rotatable bonds is 5. The van der Waals surface area contributed by atoms with Crippen LogP contribution in [0.2, 0.25) is 0 Å². The number of nitrogens with zero attached hydrogens (tertiary/aromatic N) is 1. The van der Waals surface area contributed by atoms with Crippen LogP contribution in [0.4, 0.5) is 0 Å². The molecular formula is C13H26N2O2. The molecule has 0 aromatic carbocycles. The number of likely N-dealkylation sites (tertiary alicyclic amines) is 1. The first kappa shape index (κ1) is 14.5. The maximum absolute atomic E-state index is 11.2. The van der Waals surface area contributed by atoms with Crippen molar-refractivity contribution in [2.24, 2.45) is 11.8 Å². The summed E-state index contributed by atoms with van der Waals surface area (Å²) in [6.07, 6.45) is 1.18. The number of carboxylic acid groups (broad SMARTS) is 1. The lowest BCUT2D eigenvalue weighted by atomic mass is 9.88. The zero-order valence-corrected chi connectivity index (χ0v) is 11.4. The van der Waals surface area contributed by atoms with E-state index in [0.717, 1.165) is 19.0 Å². The number of carbonyl (C=O) groups is 1. The SMILES string of the molecule is CC(C)NC(CN1CCC(C)C(C)C1)C(=O)O. The maximum atomic E-state index is 11.2. The van der Waals surface area contributed by atoms with Gasteiger partial charge in [0.25, 0.3) is 0 Å². The molecule has 3 atom stereocenters. The van der Waals surface area contributed by atoms with Gasteiger partial charge in [0.2, 0.25) is 0 Å². The maximum Gasteiger partial charge on any atom is 0.322 e. The molecule has 1 heterocycles. The summed E-state index contributed by atoms with van der Waals surface area (Å²) in [5, 5.41) is 12.3. The molecule has 2 N–H and O–H groups in total. The van der Waals surface area contributed by atoms with Gasteiger partial charge in [0.1, 0.15) is 6.04 Å². The number of hydrogen-bond donors (Lipinski definition) is 2. The summed E-state index contributed by atoms with van der Waals surface area (Å²) in [6.45, 7) is 11.2. The van der Waals surface area contributed by atoms with Crippen LogP contribution in [0, 0.1) is 11.8 Å². The molecule has 4 heteroatoms. The molecule has 1 aliphatic rings. The quantitative estimate of drug-likeness (QED) is 0.765. The van der Waals surface area contributed by atoms with E-state index in [1.165, 1.54) is 6.42 Å². The molecule has 0 aromatic rings. The predicted octanol–water partition coefficient (Wildman–Crippen LogP) is 1.42. The standard InChI is InChI=1S/C13H26N2O2/c1-9(2)14-12(13(16)17)8-15-6-5-10(3)11(4)7-15/h9-12,14H,5-8H2,1-4H3,(H,16,17). The minimum Gasteiger partial charge on any atom is -0.480 e. The smallest absolute Gasteiger partial charge is 0.322 e. The largest absolute Gasteiger partial charge is 0.480 e. The fourth-order valence-corrected chi connectivity index (χ4v) is 2.38. The van der Waals surface area contributed by atoms with Crippen molar-refractivity contribution in [2.75, 3.05) is 19.6 Å². The number of piperidine rings is 1. The zero-order chi connectivity index (χ0) is 13.0. The van der Waals surface area contributed by atoms with Crippen LogP contribution >= 0.6 is 0 Å². The topological polar surface area (TPSA) is 52.6 Å². The van der Waals surface area contributed by atoms with E-state index in [2.05, 4.69) is 24.1 Å². The third-order valence-corrected chi connectivity index (χ3v) is 3.69. The highest BCUT2D eigenvalue weighted by molar-refractivity contribution is 5.73. The van der Waals surface area contributed by atoms with E-state index in [-0.39, 0.29) is 6.04 Å². The van der Waals surface area contributed by atoms with Crippen molar-refractivity contribution in [1.29, 1.82) is 0 Å². The molecule has 0 bridgehead atoms. The van der Waals surface area contributed by atoms with Crippen LogP contribution < -0.4 is 5.32 Å². The highest BCUT2D eigenvalue weighted by Crippen LogP contribution is 2.22. The van der Waals surface area contributed by atoms with Gasteiger partial charge in [0.15, 0.2) is 0 Å². The van der Waals surface area contributed by atoms with Crippen LogP contribution in [0.3, 0.4) is 0 Å². The minimum absolute atomic E-state index is 0.206. The highest BCUT2D eigenvalue weighted by atomic mass is 16.4. The number of nitrogens with one attached hydrogen (secondary N) is 1. The first-order valence-corrected chi connectivity index (χ1v) is 6.61. The van der Waals surface area contributed by atoms with Crippen molar-refractivity contribution in [2.45, 2.75) is 46.2 Å². The lowest BCUT2D eigenvalue weighted by molar-refractivity contribution is -0.140. The third kappa shape index (κ3) is 4.64. The normalized spacial score (nSPS) is 28.3. The zero-order valence-electron chi connectivity index (χ0n) is 11.4. The van der Waals surface area contributed by atoms with Gasteiger partial charge in [-0.1, -0.05) is 27.7 Å². The van der Waals surface area contributed by atoms with Crippen LogP contribution in [0.25, 0.3) is 0 Å². The first-order valence-electron chi connectivity index (χ1n) is 6.61. The summed E-state index contributed by atoms with van der Waals surface area (Å²) >= 11 is 0. The first-order chi connectivity index (χ1) is 7.90. The lowest BCUT2D eigenvalue weighted by Crippen LogP contribution is -2.51. The van der Waals surface area contributed by atoms with Crippen molar-refractivity contribution in [1.82, 2.24) is 10.2 Å². The van der Waals surface area contributed by atoms with Crippen LogP contribution in [-0.2, 0) is 4.79 Å². The average molecular weight is 242 g/mol. The van der Waals surface area contributed by atoms with E-state index in [1.807, 2.05) is 13.8 Å². The molecule has 1 fully saturated rings. The van der Waals surface area contributed by atoms with E-state index in [0.29, 0.717) is 12.5 Å². The fourth-order valence-electron chi connectivity index (χ4n) is 2.38. The van der Waals surface area contributed by atoms with Crippen LogP contribution in [-0.4, -0.2) is 47.7 Å². The predicted molar refractivity (Wildman–Crippen MR) is 69.1 cm³/mol. The Morgan fingerprint density at radius 1 is 1.41 bits per heavy atom. The Morgan fingerprint density at radius 2 is 2.06 bits per heavy atom. The van der Waals surface area contributed by atoms with Crippen LogP contribution in [0.5, 0.6) is 0 Å². The van der Waals surface area contributed by atoms with Gasteiger partial charge in [-0.15, -0.1) is 0 Å². The van der Waals surface area contributed by atoms with Gasteiger partial charge in [-0.05, 0) is 24.8 Å². The molecule has 0 amide bonds. The summed E-state index contributed by atoms with van der Waals surface area (Å²) in [5.74, 6) is 0.676. The van der Waals surface area contributed by atoms with Crippen molar-refractivity contribution in [3.8, 4) is 0 Å². The average Bonchev–Trinajstić information content (AvgIpc) is 2.21. The van der Waals surface area contributed by atoms with Gasteiger partial charge >= 0.3 is 5.97 Å². The molecule has 0 saturated carbocycles. The third-order valence-electron chi connectivity index (χ3n) is 3.69. The van der Waals surface area contributed by atoms with Crippen molar-refractivity contribution < 1.29 is 9.90 Å². The summed E-state index contributed by atoms with van der Waals surface area (Å²) < 4.78 is 0. The fraction of sp³-hybridized carbons (Fsp3) is 0.923. The monoisotopic (exact) mass is 242 g/mol. The summed E-state index contributed by atoms with van der Waals surface area (Å²) in [4.78, 5) is 13.4. The second-order valence-electron chi connectivity index (χ2n) is 5.72. The Kier molecular flexibility index (Phi) is 5.40. The number of carboxylic acids is 1. The summed E-state index contributed by atoms with van der Waals surface area (Å²) in [7, 11) is 0. The van der Waals surface area contributed by atoms with E-state index < -0.39 is 12.0 Å². The molecule has 17 heavy (non-hydrogen) atoms. The van der Waals surface area contributed by atoms with Gasteiger partial charge < -0.3 is 15.3 Å². The van der Waals surface area contributed by atoms with Crippen molar-refractivity contribution >= 4 is 5.97 Å². The molecule has 0 aliphatic carbocycles. The molecule has 0 radical (unpaired) electrons. The molecule has 0 spiro atoms. The molecule has 100 valence electrons. The second kappa shape index (κ2) is 6.36. The van der Waals surface area contributed by atoms with Crippen molar-refractivity contribution in [3.63, 3.8) is 0 Å². The molecule has 1 rings (SSSR count). The van der Waals surface area contributed by atoms with E-state index in [1.54, 1.807) is 0 Å². The van der Waals surface area contributed by atoms with E-state index in [4.69, 9.17) is 0 Å². The summed E-state index contributed by atoms with van der Waals surface area (Å²) in [5.41, 5.74) is 0. The van der Waals surface area contributed by atoms with Gasteiger partial charge in [-0.3, -0.25) is 4.79 Å². The lowest BCUT2D eigenvalue weighted by Gasteiger charge is -2.36. The van der Waals surface area contributed by atoms with Crippen LogP contribution in [0.1, 0.15) is 34.1 Å². The Hall–Kier alpha value is -0.610. The van der Waals surface area contributed by atoms with Gasteiger partial charge in [-0.2, -0.15) is 0 Å². The van der Waals surface area contributed by atoms with Crippen molar-refractivity contribution in [3.05, 3.63) is 0 Å². The van der Waals surface area contributed by atoms with Gasteiger partial charge in [0, 0.05) is 19.1 Å². The highest BCUT2D eigenvalue weighted by Gasteiger charge is 2.27. The van der Waals surface area contributed by atoms with E-state index in [9.17, 15) is 9.90 Å².